The molecule has 3 N–H and O–H groups in total. The molecule has 0 bridgehead atoms. The first-order valence-corrected chi connectivity index (χ1v) is 5.80. The van der Waals surface area contributed by atoms with Crippen molar-refractivity contribution in [3.63, 3.8) is 0 Å². The minimum Gasteiger partial charge on any atom is -0.493 e. The van der Waals surface area contributed by atoms with Crippen molar-refractivity contribution in [1.82, 2.24) is 9.78 Å². The molecule has 18 heavy (non-hydrogen) atoms. The third kappa shape index (κ3) is 2.17. The number of nitrogens with two attached hydrogens (primary N) is 1. The number of aliphatic hydroxyl groups excluding tert-OH is 1. The summed E-state index contributed by atoms with van der Waals surface area (Å²) in [5, 5.41) is 14.6. The quantitative estimate of drug-likeness (QED) is 0.804. The van der Waals surface area contributed by atoms with Crippen molar-refractivity contribution in [1.29, 1.82) is 0 Å². The van der Waals surface area contributed by atoms with Gasteiger partial charge in [0.05, 0.1) is 13.3 Å². The number of aryl methyl sites for hydroxylation is 1. The van der Waals surface area contributed by atoms with Crippen molar-refractivity contribution in [3.8, 4) is 5.75 Å². The molecule has 1 aromatic carbocycles. The Morgan fingerprint density at radius 2 is 2.06 bits per heavy atom. The van der Waals surface area contributed by atoms with Gasteiger partial charge in [-0.3, -0.25) is 4.68 Å². The number of benzene rings is 1. The molecule has 0 saturated carbocycles. The number of hydrogen-bond donors (Lipinski definition) is 2. The highest BCUT2D eigenvalue weighted by atomic mass is 16.5. The number of ether oxygens (including phenoxy) is 1. The molecule has 2 rings (SSSR count). The molecule has 0 saturated heterocycles. The van der Waals surface area contributed by atoms with E-state index in [0.29, 0.717) is 23.7 Å². The molecule has 0 amide bonds. The Balaban J connectivity index is 2.41. The number of aliphatic hydroxyl groups is 1. The molecule has 1 aromatic heterocycles. The van der Waals surface area contributed by atoms with Crippen LogP contribution in [0, 0.1) is 0 Å². The fraction of sp³-hybridized carbons (Fsp3) is 0.308. The summed E-state index contributed by atoms with van der Waals surface area (Å²) in [5.41, 5.74) is 7.72. The lowest BCUT2D eigenvalue weighted by molar-refractivity contribution is 0.202. The summed E-state index contributed by atoms with van der Waals surface area (Å²) in [7, 11) is 1.57. The molecule has 0 aliphatic rings. The van der Waals surface area contributed by atoms with Crippen LogP contribution in [0.4, 0.5) is 5.69 Å². The molecule has 0 fully saturated rings. The van der Waals surface area contributed by atoms with Crippen LogP contribution in [0.25, 0.3) is 0 Å². The van der Waals surface area contributed by atoms with Crippen LogP contribution in [0.15, 0.2) is 30.5 Å². The molecule has 0 aliphatic carbocycles. The Morgan fingerprint density at radius 3 is 2.61 bits per heavy atom. The summed E-state index contributed by atoms with van der Waals surface area (Å²) in [6.45, 7) is 2.64. The summed E-state index contributed by atoms with van der Waals surface area (Å²) in [6, 6.07) is 7.12. The topological polar surface area (TPSA) is 73.3 Å². The highest BCUT2D eigenvalue weighted by molar-refractivity contribution is 5.42. The van der Waals surface area contributed by atoms with E-state index in [1.807, 2.05) is 6.92 Å². The van der Waals surface area contributed by atoms with Crippen LogP contribution in [-0.2, 0) is 6.54 Å². The van der Waals surface area contributed by atoms with E-state index in [2.05, 4.69) is 5.10 Å². The number of anilines is 1. The number of hydrogen-bond acceptors (Lipinski definition) is 4. The molecule has 1 heterocycles. The summed E-state index contributed by atoms with van der Waals surface area (Å²) in [6.07, 6.45) is 0.835. The third-order valence-electron chi connectivity index (χ3n) is 2.88. The van der Waals surface area contributed by atoms with Gasteiger partial charge < -0.3 is 15.6 Å². The van der Waals surface area contributed by atoms with E-state index in [1.165, 1.54) is 0 Å². The summed E-state index contributed by atoms with van der Waals surface area (Å²) in [4.78, 5) is 0. The summed E-state index contributed by atoms with van der Waals surface area (Å²) >= 11 is 0. The van der Waals surface area contributed by atoms with Gasteiger partial charge in [-0.2, -0.15) is 5.10 Å². The SMILES string of the molecule is CCn1ncc(OC)c1C(O)c1ccc(N)cc1. The number of nitrogens with zero attached hydrogens (tertiary/aromatic N) is 2. The van der Waals surface area contributed by atoms with Crippen LogP contribution in [0.1, 0.15) is 24.3 Å². The lowest BCUT2D eigenvalue weighted by atomic mass is 10.1. The Labute approximate surface area is 106 Å². The molecule has 5 heteroatoms. The van der Waals surface area contributed by atoms with Gasteiger partial charge in [-0.15, -0.1) is 0 Å². The van der Waals surface area contributed by atoms with Crippen LogP contribution in [0.5, 0.6) is 5.75 Å². The number of aromatic nitrogens is 2. The zero-order valence-electron chi connectivity index (χ0n) is 10.5. The third-order valence-corrected chi connectivity index (χ3v) is 2.88. The second kappa shape index (κ2) is 5.10. The van der Waals surface area contributed by atoms with E-state index >= 15 is 0 Å². The van der Waals surface area contributed by atoms with Gasteiger partial charge in [-0.1, -0.05) is 12.1 Å². The molecular formula is C13H17N3O2. The normalized spacial score (nSPS) is 12.4. The lowest BCUT2D eigenvalue weighted by Crippen LogP contribution is -2.10. The molecule has 5 nitrogen and oxygen atoms in total. The highest BCUT2D eigenvalue weighted by Gasteiger charge is 2.20. The number of rotatable bonds is 4. The predicted octanol–water partition coefficient (Wildman–Crippen LogP) is 1.58. The average Bonchev–Trinajstić information content (AvgIpc) is 2.81. The molecule has 0 aliphatic heterocycles. The Bertz CT molecular complexity index is 498. The fourth-order valence-corrected chi connectivity index (χ4v) is 1.90. The molecular weight excluding hydrogens is 230 g/mol. The maximum Gasteiger partial charge on any atom is 0.163 e. The summed E-state index contributed by atoms with van der Waals surface area (Å²) in [5.74, 6) is 0.584. The van der Waals surface area contributed by atoms with Crippen LogP contribution in [0.2, 0.25) is 0 Å². The Morgan fingerprint density at radius 1 is 1.39 bits per heavy atom. The zero-order chi connectivity index (χ0) is 13.1. The molecule has 1 unspecified atom stereocenters. The zero-order valence-corrected chi connectivity index (χ0v) is 10.5. The van der Waals surface area contributed by atoms with E-state index in [4.69, 9.17) is 10.5 Å². The van der Waals surface area contributed by atoms with E-state index in [0.717, 1.165) is 5.56 Å². The number of methoxy groups -OCH3 is 1. The van der Waals surface area contributed by atoms with E-state index < -0.39 is 6.10 Å². The Kier molecular flexibility index (Phi) is 3.53. The van der Waals surface area contributed by atoms with Crippen molar-refractivity contribution in [2.24, 2.45) is 0 Å². The van der Waals surface area contributed by atoms with E-state index in [9.17, 15) is 5.11 Å². The maximum absolute atomic E-state index is 10.4. The van der Waals surface area contributed by atoms with Gasteiger partial charge >= 0.3 is 0 Å². The van der Waals surface area contributed by atoms with Gasteiger partial charge in [0.2, 0.25) is 0 Å². The van der Waals surface area contributed by atoms with Crippen molar-refractivity contribution in [2.45, 2.75) is 19.6 Å². The monoisotopic (exact) mass is 247 g/mol. The molecule has 2 aromatic rings. The van der Waals surface area contributed by atoms with Crippen LogP contribution in [0.3, 0.4) is 0 Å². The second-order valence-corrected chi connectivity index (χ2v) is 3.98. The smallest absolute Gasteiger partial charge is 0.163 e. The highest BCUT2D eigenvalue weighted by Crippen LogP contribution is 2.30. The first kappa shape index (κ1) is 12.4. The Hall–Kier alpha value is -2.01. The standard InChI is InChI=1S/C13H17N3O2/c1-3-16-12(11(18-2)8-15-16)13(17)9-4-6-10(14)7-5-9/h4-8,13,17H,3,14H2,1-2H3. The maximum atomic E-state index is 10.4. The van der Waals surface area contributed by atoms with E-state index in [-0.39, 0.29) is 0 Å². The average molecular weight is 247 g/mol. The first-order valence-electron chi connectivity index (χ1n) is 5.80. The predicted molar refractivity (Wildman–Crippen MR) is 69.4 cm³/mol. The van der Waals surface area contributed by atoms with Gasteiger partial charge in [0.15, 0.2) is 5.75 Å². The van der Waals surface area contributed by atoms with Gasteiger partial charge in [-0.25, -0.2) is 0 Å². The number of nitrogen functional groups attached to an aromatic ring is 1. The van der Waals surface area contributed by atoms with Crippen molar-refractivity contribution in [3.05, 3.63) is 41.7 Å². The van der Waals surface area contributed by atoms with Crippen LogP contribution >= 0.6 is 0 Å². The minimum absolute atomic E-state index is 0.584. The van der Waals surface area contributed by atoms with Gasteiger partial charge in [0.1, 0.15) is 11.8 Å². The van der Waals surface area contributed by atoms with Crippen molar-refractivity contribution in [2.75, 3.05) is 12.8 Å². The van der Waals surface area contributed by atoms with Crippen LogP contribution < -0.4 is 10.5 Å². The molecule has 1 atom stereocenters. The largest absolute Gasteiger partial charge is 0.493 e. The van der Waals surface area contributed by atoms with Crippen molar-refractivity contribution >= 4 is 5.69 Å². The first-order chi connectivity index (χ1) is 8.67. The summed E-state index contributed by atoms with van der Waals surface area (Å²) < 4.78 is 6.95. The fourth-order valence-electron chi connectivity index (χ4n) is 1.90. The molecule has 0 spiro atoms. The van der Waals surface area contributed by atoms with Gasteiger partial charge in [0.25, 0.3) is 0 Å². The lowest BCUT2D eigenvalue weighted by Gasteiger charge is -2.14. The van der Waals surface area contributed by atoms with E-state index in [1.54, 1.807) is 42.3 Å². The van der Waals surface area contributed by atoms with Crippen molar-refractivity contribution < 1.29 is 9.84 Å². The second-order valence-electron chi connectivity index (χ2n) is 3.98. The van der Waals surface area contributed by atoms with Crippen LogP contribution in [-0.4, -0.2) is 22.0 Å². The minimum atomic E-state index is -0.775. The van der Waals surface area contributed by atoms with Gasteiger partial charge in [-0.05, 0) is 24.6 Å². The molecule has 0 radical (unpaired) electrons. The van der Waals surface area contributed by atoms with Gasteiger partial charge in [0, 0.05) is 12.2 Å². The molecule has 96 valence electrons.